The number of carbonyl (C=O) groups is 1. The van der Waals surface area contributed by atoms with Crippen LogP contribution in [0.2, 0.25) is 0 Å². The molecule has 1 amide bonds. The highest BCUT2D eigenvalue weighted by Gasteiger charge is 2.27. The molecule has 1 aromatic rings. The van der Waals surface area contributed by atoms with Gasteiger partial charge in [-0.25, -0.2) is 13.2 Å². The maximum absolute atomic E-state index is 12.9. The van der Waals surface area contributed by atoms with Gasteiger partial charge in [-0.15, -0.1) is 0 Å². The van der Waals surface area contributed by atoms with E-state index in [1.54, 1.807) is 20.8 Å². The third kappa shape index (κ3) is 3.22. The van der Waals surface area contributed by atoms with E-state index in [0.29, 0.717) is 12.1 Å². The zero-order chi connectivity index (χ0) is 14.1. The average molecular weight is 260 g/mol. The Morgan fingerprint density at radius 3 is 2.06 bits per heavy atom. The summed E-state index contributed by atoms with van der Waals surface area (Å²) in [5, 5.41) is 2.25. The maximum Gasteiger partial charge on any atom is 0.241 e. The lowest BCUT2D eigenvalue weighted by Crippen LogP contribution is -2.45. The van der Waals surface area contributed by atoms with Crippen LogP contribution in [-0.4, -0.2) is 11.9 Å². The van der Waals surface area contributed by atoms with E-state index < -0.39 is 34.8 Å². The fourth-order valence-electron chi connectivity index (χ4n) is 1.24. The molecule has 0 spiro atoms. The number of nitrogens with two attached hydrogens (primary N) is 1. The first-order valence-electron chi connectivity index (χ1n) is 5.34. The lowest BCUT2D eigenvalue weighted by atomic mass is 9.87. The molecule has 0 saturated heterocycles. The number of halogens is 3. The molecule has 0 aliphatic heterocycles. The van der Waals surface area contributed by atoms with Crippen LogP contribution in [0.15, 0.2) is 12.1 Å². The van der Waals surface area contributed by atoms with Gasteiger partial charge in [-0.1, -0.05) is 20.8 Å². The molecule has 0 heterocycles. The van der Waals surface area contributed by atoms with Crippen LogP contribution in [0.3, 0.4) is 0 Å². The van der Waals surface area contributed by atoms with Gasteiger partial charge in [-0.2, -0.15) is 0 Å². The number of benzene rings is 1. The van der Waals surface area contributed by atoms with E-state index in [0.717, 1.165) is 0 Å². The molecule has 3 N–H and O–H groups in total. The molecule has 18 heavy (non-hydrogen) atoms. The van der Waals surface area contributed by atoms with E-state index in [2.05, 4.69) is 5.32 Å². The molecule has 0 bridgehead atoms. The van der Waals surface area contributed by atoms with Gasteiger partial charge in [0.2, 0.25) is 5.91 Å². The van der Waals surface area contributed by atoms with E-state index >= 15 is 0 Å². The number of carbonyl (C=O) groups excluding carboxylic acids is 1. The normalized spacial score (nSPS) is 13.3. The molecule has 0 unspecified atom stereocenters. The van der Waals surface area contributed by atoms with Crippen LogP contribution in [0.25, 0.3) is 0 Å². The third-order valence-electron chi connectivity index (χ3n) is 2.47. The summed E-state index contributed by atoms with van der Waals surface area (Å²) in [5.41, 5.74) is 5.01. The predicted octanol–water partition coefficient (Wildman–Crippen LogP) is 2.42. The van der Waals surface area contributed by atoms with Crippen LogP contribution in [0.5, 0.6) is 0 Å². The molecule has 6 heteroatoms. The maximum atomic E-state index is 12.9. The molecule has 3 nitrogen and oxygen atoms in total. The van der Waals surface area contributed by atoms with Gasteiger partial charge in [0.25, 0.3) is 0 Å². The van der Waals surface area contributed by atoms with E-state index in [9.17, 15) is 18.0 Å². The Balaban J connectivity index is 2.90. The summed E-state index contributed by atoms with van der Waals surface area (Å²) in [6, 6.07) is 0.547. The molecular formula is C12H15F3N2O. The van der Waals surface area contributed by atoms with Crippen LogP contribution in [0, 0.1) is 22.9 Å². The summed E-state index contributed by atoms with van der Waals surface area (Å²) >= 11 is 0. The summed E-state index contributed by atoms with van der Waals surface area (Å²) < 4.78 is 38.6. The average Bonchev–Trinajstić information content (AvgIpc) is 2.23. The summed E-state index contributed by atoms with van der Waals surface area (Å²) in [6.45, 7) is 5.26. The zero-order valence-electron chi connectivity index (χ0n) is 10.4. The molecule has 1 aromatic carbocycles. The van der Waals surface area contributed by atoms with Gasteiger partial charge in [-0.05, 0) is 5.41 Å². The standard InChI is InChI=1S/C12H15F3N2O/c1-12(2,3)10(16)11(18)17-6-4-7(13)9(15)8(14)5-6/h4-5,10H,16H2,1-3H3,(H,17,18)/t10-/m1/s1. The minimum Gasteiger partial charge on any atom is -0.325 e. The second kappa shape index (κ2) is 4.97. The van der Waals surface area contributed by atoms with E-state index in [1.165, 1.54) is 0 Å². The lowest BCUT2D eigenvalue weighted by molar-refractivity contribution is -0.119. The van der Waals surface area contributed by atoms with Gasteiger partial charge in [0.15, 0.2) is 17.5 Å². The van der Waals surface area contributed by atoms with Crippen molar-refractivity contribution in [1.82, 2.24) is 0 Å². The summed E-state index contributed by atoms with van der Waals surface area (Å²) in [4.78, 5) is 11.7. The Labute approximate surface area is 103 Å². The van der Waals surface area contributed by atoms with E-state index in [1.807, 2.05) is 0 Å². The summed E-state index contributed by atoms with van der Waals surface area (Å²) in [7, 11) is 0. The Bertz CT molecular complexity index is 446. The third-order valence-corrected chi connectivity index (χ3v) is 2.47. The van der Waals surface area contributed by atoms with Gasteiger partial charge in [0.05, 0.1) is 6.04 Å². The lowest BCUT2D eigenvalue weighted by Gasteiger charge is -2.25. The highest BCUT2D eigenvalue weighted by atomic mass is 19.2. The smallest absolute Gasteiger partial charge is 0.241 e. The fraction of sp³-hybridized carbons (Fsp3) is 0.417. The highest BCUT2D eigenvalue weighted by Crippen LogP contribution is 2.21. The van der Waals surface area contributed by atoms with Crippen molar-refractivity contribution in [3.05, 3.63) is 29.6 Å². The summed E-state index contributed by atoms with van der Waals surface area (Å²) in [5.74, 6) is -4.90. The number of amides is 1. The van der Waals surface area contributed by atoms with Crippen molar-refractivity contribution >= 4 is 11.6 Å². The zero-order valence-corrected chi connectivity index (χ0v) is 10.4. The number of nitrogens with one attached hydrogen (secondary N) is 1. The molecule has 1 atom stereocenters. The van der Waals surface area contributed by atoms with Crippen molar-refractivity contribution < 1.29 is 18.0 Å². The quantitative estimate of drug-likeness (QED) is 0.802. The second-order valence-corrected chi connectivity index (χ2v) is 5.09. The van der Waals surface area contributed by atoms with Crippen molar-refractivity contribution in [3.63, 3.8) is 0 Å². The van der Waals surface area contributed by atoms with Crippen LogP contribution >= 0.6 is 0 Å². The first-order valence-corrected chi connectivity index (χ1v) is 5.34. The minimum atomic E-state index is -1.58. The molecule has 0 aliphatic carbocycles. The molecule has 1 rings (SSSR count). The molecule has 0 aliphatic rings. The summed E-state index contributed by atoms with van der Waals surface area (Å²) in [6.07, 6.45) is 0. The van der Waals surface area contributed by atoms with E-state index in [-0.39, 0.29) is 5.69 Å². The first-order chi connectivity index (χ1) is 8.12. The number of hydrogen-bond donors (Lipinski definition) is 2. The molecule has 0 saturated carbocycles. The largest absolute Gasteiger partial charge is 0.325 e. The van der Waals surface area contributed by atoms with Crippen molar-refractivity contribution in [3.8, 4) is 0 Å². The molecule has 0 radical (unpaired) electrons. The van der Waals surface area contributed by atoms with Gasteiger partial charge >= 0.3 is 0 Å². The molecule has 100 valence electrons. The number of anilines is 1. The molecule has 0 aromatic heterocycles. The Hall–Kier alpha value is -1.56. The second-order valence-electron chi connectivity index (χ2n) is 5.09. The minimum absolute atomic E-state index is 0.170. The van der Waals surface area contributed by atoms with Crippen molar-refractivity contribution in [2.75, 3.05) is 5.32 Å². The Kier molecular flexibility index (Phi) is 4.01. The van der Waals surface area contributed by atoms with Crippen molar-refractivity contribution in [1.29, 1.82) is 0 Å². The highest BCUT2D eigenvalue weighted by molar-refractivity contribution is 5.95. The van der Waals surface area contributed by atoms with Crippen molar-refractivity contribution in [2.45, 2.75) is 26.8 Å². The van der Waals surface area contributed by atoms with Crippen LogP contribution in [0.1, 0.15) is 20.8 Å². The number of hydrogen-bond acceptors (Lipinski definition) is 2. The van der Waals surface area contributed by atoms with Gasteiger partial charge in [0, 0.05) is 17.8 Å². The molecule has 0 fully saturated rings. The number of rotatable bonds is 2. The predicted molar refractivity (Wildman–Crippen MR) is 62.4 cm³/mol. The van der Waals surface area contributed by atoms with Crippen LogP contribution in [-0.2, 0) is 4.79 Å². The SMILES string of the molecule is CC(C)(C)[C@H](N)C(=O)Nc1cc(F)c(F)c(F)c1. The van der Waals surface area contributed by atoms with Gasteiger partial charge in [0.1, 0.15) is 0 Å². The molecular weight excluding hydrogens is 245 g/mol. The Morgan fingerprint density at radius 1 is 1.22 bits per heavy atom. The van der Waals surface area contributed by atoms with Crippen LogP contribution in [0.4, 0.5) is 18.9 Å². The van der Waals surface area contributed by atoms with Crippen molar-refractivity contribution in [2.24, 2.45) is 11.1 Å². The van der Waals surface area contributed by atoms with E-state index in [4.69, 9.17) is 5.73 Å². The fourth-order valence-corrected chi connectivity index (χ4v) is 1.24. The Morgan fingerprint density at radius 2 is 1.67 bits per heavy atom. The monoisotopic (exact) mass is 260 g/mol. The van der Waals surface area contributed by atoms with Crippen LogP contribution < -0.4 is 11.1 Å². The van der Waals surface area contributed by atoms with Gasteiger partial charge in [-0.3, -0.25) is 4.79 Å². The van der Waals surface area contributed by atoms with Gasteiger partial charge < -0.3 is 11.1 Å². The topological polar surface area (TPSA) is 55.1 Å². The first kappa shape index (κ1) is 14.5.